The van der Waals surface area contributed by atoms with Gasteiger partial charge in [0.25, 0.3) is 0 Å². The predicted molar refractivity (Wildman–Crippen MR) is 105 cm³/mol. The summed E-state index contributed by atoms with van der Waals surface area (Å²) in [5, 5.41) is 3.86. The van der Waals surface area contributed by atoms with Gasteiger partial charge in [-0.3, -0.25) is 0 Å². The first-order chi connectivity index (χ1) is 9.60. The van der Waals surface area contributed by atoms with Gasteiger partial charge in [0.15, 0.2) is 0 Å². The van der Waals surface area contributed by atoms with E-state index < -0.39 is 15.9 Å². The number of nitrogens with one attached hydrogen (secondary N) is 1. The minimum atomic E-state index is -1.30. The van der Waals surface area contributed by atoms with Gasteiger partial charge in [0.05, 0.1) is 15.9 Å². The van der Waals surface area contributed by atoms with Crippen molar-refractivity contribution in [2.75, 3.05) is 6.17 Å². The lowest BCUT2D eigenvalue weighted by Crippen LogP contribution is -2.62. The highest BCUT2D eigenvalue weighted by Crippen LogP contribution is 2.43. The Labute approximate surface area is 137 Å². The van der Waals surface area contributed by atoms with Crippen molar-refractivity contribution in [2.45, 2.75) is 98.3 Å². The second-order valence-corrected chi connectivity index (χ2v) is 20.7. The zero-order chi connectivity index (χ0) is 16.8. The molecule has 0 fully saturated rings. The molecule has 0 aliphatic heterocycles. The fraction of sp³-hybridized carbons (Fsp3) is 0.889. The number of allylic oxidation sites excluding steroid dienone is 1. The summed E-state index contributed by atoms with van der Waals surface area (Å²) in [7, 11) is -2.22. The van der Waals surface area contributed by atoms with E-state index in [0.29, 0.717) is 6.04 Å². The summed E-state index contributed by atoms with van der Waals surface area (Å²) < 4.78 is 0. The van der Waals surface area contributed by atoms with Crippen LogP contribution >= 0.6 is 0 Å². The molecule has 0 aliphatic rings. The molecule has 0 saturated carbocycles. The Morgan fingerprint density at radius 3 is 1.67 bits per heavy atom. The normalized spacial score (nSPS) is 15.7. The highest BCUT2D eigenvalue weighted by molar-refractivity contribution is 7.36. The lowest BCUT2D eigenvalue weighted by atomic mass is 10.3. The first-order valence-electron chi connectivity index (χ1n) is 8.98. The summed E-state index contributed by atoms with van der Waals surface area (Å²) >= 11 is 0. The van der Waals surface area contributed by atoms with Crippen molar-refractivity contribution in [2.24, 2.45) is 0 Å². The first kappa shape index (κ1) is 21.1. The number of rotatable bonds is 9. The van der Waals surface area contributed by atoms with Gasteiger partial charge in [-0.2, -0.15) is 0 Å². The minimum absolute atomic E-state index is 0.656. The van der Waals surface area contributed by atoms with Gasteiger partial charge in [0.2, 0.25) is 0 Å². The molecule has 1 N–H and O–H groups in total. The lowest BCUT2D eigenvalue weighted by molar-refractivity contribution is 0.578. The Bertz CT molecular complexity index is 295. The van der Waals surface area contributed by atoms with Gasteiger partial charge < -0.3 is 5.32 Å². The second-order valence-electron chi connectivity index (χ2n) is 8.03. The molecule has 0 amide bonds. The number of hydrogen-bond acceptors (Lipinski definition) is 1. The summed E-state index contributed by atoms with van der Waals surface area (Å²) in [6, 6.07) is 0.656. The quantitative estimate of drug-likeness (QED) is 0.559. The summed E-state index contributed by atoms with van der Waals surface area (Å²) in [6.45, 7) is 24.3. The van der Waals surface area contributed by atoms with Crippen LogP contribution in [0.3, 0.4) is 0 Å². The van der Waals surface area contributed by atoms with Crippen molar-refractivity contribution in [1.29, 1.82) is 0 Å². The third-order valence-corrected chi connectivity index (χ3v) is 25.5. The van der Waals surface area contributed by atoms with E-state index >= 15 is 0 Å². The zero-order valence-electron chi connectivity index (χ0n) is 16.4. The molecule has 1 nitrogen and oxygen atoms in total. The largest absolute Gasteiger partial charge is 0.317 e. The molecule has 0 rings (SSSR count). The van der Waals surface area contributed by atoms with E-state index in [1.807, 2.05) is 0 Å². The van der Waals surface area contributed by atoms with Crippen molar-refractivity contribution < 1.29 is 0 Å². The monoisotopic (exact) mass is 327 g/mol. The van der Waals surface area contributed by atoms with Crippen molar-refractivity contribution >= 4 is 15.9 Å². The molecule has 0 aromatic rings. The van der Waals surface area contributed by atoms with Gasteiger partial charge in [-0.25, -0.2) is 0 Å². The highest BCUT2D eigenvalue weighted by Gasteiger charge is 2.48. The van der Waals surface area contributed by atoms with Crippen molar-refractivity contribution in [3.05, 3.63) is 11.3 Å². The molecule has 0 spiro atoms. The zero-order valence-corrected chi connectivity index (χ0v) is 18.5. The average Bonchev–Trinajstić information content (AvgIpc) is 2.33. The molecular weight excluding hydrogens is 286 g/mol. The maximum atomic E-state index is 3.86. The van der Waals surface area contributed by atoms with Gasteiger partial charge in [-0.1, -0.05) is 70.7 Å². The summed E-state index contributed by atoms with van der Waals surface area (Å²) in [4.78, 5) is 0. The first-order valence-corrected chi connectivity index (χ1v) is 14.5. The highest BCUT2D eigenvalue weighted by atomic mass is 29.2. The molecule has 21 heavy (non-hydrogen) atoms. The van der Waals surface area contributed by atoms with Gasteiger partial charge in [0.1, 0.15) is 0 Å². The Morgan fingerprint density at radius 1 is 0.952 bits per heavy atom. The van der Waals surface area contributed by atoms with Crippen LogP contribution in [0.2, 0.25) is 16.6 Å². The van der Waals surface area contributed by atoms with Gasteiger partial charge >= 0.3 is 0 Å². The minimum Gasteiger partial charge on any atom is -0.317 e. The third kappa shape index (κ3) is 5.36. The Morgan fingerprint density at radius 2 is 1.38 bits per heavy atom. The van der Waals surface area contributed by atoms with Crippen LogP contribution in [0.1, 0.15) is 75.7 Å². The van der Waals surface area contributed by atoms with Crippen LogP contribution in [-0.2, 0) is 0 Å². The Hall–Kier alpha value is 0.134. The SMILES string of the molecule is CCC(C)NC[SiH](C=C(C)C)[Si](C(C)C)(C(C)C)C(C)C. The fourth-order valence-corrected chi connectivity index (χ4v) is 24.3. The molecular formula is C18H41NSi2. The number of hydrogen-bond donors (Lipinski definition) is 1. The van der Waals surface area contributed by atoms with E-state index in [4.69, 9.17) is 0 Å². The van der Waals surface area contributed by atoms with Crippen LogP contribution in [-0.4, -0.2) is 28.1 Å². The van der Waals surface area contributed by atoms with E-state index in [1.165, 1.54) is 18.2 Å². The fourth-order valence-electron chi connectivity index (χ4n) is 4.54. The van der Waals surface area contributed by atoms with E-state index in [1.54, 1.807) is 0 Å². The maximum Gasteiger partial charge on any atom is 0.0716 e. The molecule has 0 radical (unpaired) electrons. The summed E-state index contributed by atoms with van der Waals surface area (Å²) in [5.41, 5.74) is 6.90. The van der Waals surface area contributed by atoms with Crippen molar-refractivity contribution in [3.63, 3.8) is 0 Å². The smallest absolute Gasteiger partial charge is 0.0716 e. The molecule has 0 aliphatic carbocycles. The van der Waals surface area contributed by atoms with Gasteiger partial charge in [0, 0.05) is 6.04 Å². The second kappa shape index (κ2) is 9.31. The maximum absolute atomic E-state index is 3.86. The van der Waals surface area contributed by atoms with E-state index in [-0.39, 0.29) is 0 Å². The lowest BCUT2D eigenvalue weighted by Gasteiger charge is -2.48. The topological polar surface area (TPSA) is 12.0 Å². The van der Waals surface area contributed by atoms with Gasteiger partial charge in [-0.15, -0.1) is 5.70 Å². The van der Waals surface area contributed by atoms with Crippen molar-refractivity contribution in [3.8, 4) is 0 Å². The Kier molecular flexibility index (Phi) is 9.37. The van der Waals surface area contributed by atoms with Gasteiger partial charge in [-0.05, 0) is 33.4 Å². The van der Waals surface area contributed by atoms with E-state index in [9.17, 15) is 0 Å². The summed E-state index contributed by atoms with van der Waals surface area (Å²) in [5.74, 6) is 0. The van der Waals surface area contributed by atoms with E-state index in [0.717, 1.165) is 16.6 Å². The third-order valence-electron chi connectivity index (χ3n) is 5.48. The summed E-state index contributed by atoms with van der Waals surface area (Å²) in [6.07, 6.45) is 2.52. The molecule has 2 atom stereocenters. The van der Waals surface area contributed by atoms with Crippen LogP contribution in [0.15, 0.2) is 11.3 Å². The molecule has 126 valence electrons. The van der Waals surface area contributed by atoms with Crippen molar-refractivity contribution in [1.82, 2.24) is 5.32 Å². The van der Waals surface area contributed by atoms with Crippen LogP contribution < -0.4 is 5.32 Å². The molecule has 2 unspecified atom stereocenters. The van der Waals surface area contributed by atoms with Crippen LogP contribution in [0.5, 0.6) is 0 Å². The molecule has 0 aromatic heterocycles. The molecule has 0 heterocycles. The molecule has 0 saturated heterocycles. The van der Waals surface area contributed by atoms with Crippen LogP contribution in [0.25, 0.3) is 0 Å². The standard InChI is InChI=1S/C18H41NSi2/c1-11-18(10)19-13-20(12-14(2)3)21(15(4)5,16(6)7)17(8)9/h12,15-20H,11,13H2,1-10H3. The molecule has 3 heteroatoms. The molecule has 0 aromatic carbocycles. The predicted octanol–water partition coefficient (Wildman–Crippen LogP) is 5.40. The van der Waals surface area contributed by atoms with Crippen LogP contribution in [0, 0.1) is 0 Å². The van der Waals surface area contributed by atoms with Crippen LogP contribution in [0.4, 0.5) is 0 Å². The average molecular weight is 328 g/mol. The Balaban J connectivity index is 5.63. The molecule has 0 bridgehead atoms. The van der Waals surface area contributed by atoms with E-state index in [2.05, 4.69) is 80.3 Å².